The van der Waals surface area contributed by atoms with Gasteiger partial charge >= 0.3 is 5.97 Å². The van der Waals surface area contributed by atoms with Crippen LogP contribution >= 0.6 is 0 Å². The van der Waals surface area contributed by atoms with Gasteiger partial charge in [-0.2, -0.15) is 0 Å². The first-order valence-corrected chi connectivity index (χ1v) is 7.07. The maximum Gasteiger partial charge on any atom is 0.303 e. The molecule has 2 rings (SSSR count). The number of likely N-dealkylation sites (tertiary alicyclic amines) is 1. The van der Waals surface area contributed by atoms with Crippen molar-refractivity contribution in [1.82, 2.24) is 9.88 Å². The van der Waals surface area contributed by atoms with Crippen molar-refractivity contribution >= 4 is 5.97 Å². The van der Waals surface area contributed by atoms with Crippen LogP contribution in [0.25, 0.3) is 0 Å². The van der Waals surface area contributed by atoms with Crippen molar-refractivity contribution in [2.75, 3.05) is 19.6 Å². The number of hydrogen-bond donors (Lipinski definition) is 1. The Bertz CT molecular complexity index is 386. The topological polar surface area (TPSA) is 53.4 Å². The molecule has 1 N–H and O–H groups in total. The molecule has 1 aliphatic rings. The molecule has 1 fully saturated rings. The second-order valence-electron chi connectivity index (χ2n) is 5.33. The minimum absolute atomic E-state index is 0.320. The smallest absolute Gasteiger partial charge is 0.303 e. The highest BCUT2D eigenvalue weighted by Gasteiger charge is 2.19. The van der Waals surface area contributed by atoms with Gasteiger partial charge in [0, 0.05) is 25.4 Å². The Kier molecular flexibility index (Phi) is 5.33. The molecule has 0 amide bonds. The number of carboxylic acids is 1. The molecule has 0 unspecified atom stereocenters. The molecular formula is C15H22N2O2. The minimum Gasteiger partial charge on any atom is -0.481 e. The molecule has 19 heavy (non-hydrogen) atoms. The Balaban J connectivity index is 1.65. The number of carbonyl (C=O) groups is 1. The molecule has 0 aromatic carbocycles. The quantitative estimate of drug-likeness (QED) is 0.854. The van der Waals surface area contributed by atoms with E-state index in [9.17, 15) is 4.79 Å². The lowest BCUT2D eigenvalue weighted by atomic mass is 9.92. The number of rotatable bonds is 6. The average molecular weight is 262 g/mol. The molecule has 104 valence electrons. The highest BCUT2D eigenvalue weighted by Crippen LogP contribution is 2.21. The van der Waals surface area contributed by atoms with Crippen LogP contribution in [-0.4, -0.2) is 40.6 Å². The largest absolute Gasteiger partial charge is 0.481 e. The van der Waals surface area contributed by atoms with Gasteiger partial charge < -0.3 is 10.0 Å². The van der Waals surface area contributed by atoms with Crippen molar-refractivity contribution in [1.29, 1.82) is 0 Å². The van der Waals surface area contributed by atoms with E-state index in [1.165, 1.54) is 5.56 Å². The lowest BCUT2D eigenvalue weighted by molar-refractivity contribution is -0.137. The zero-order valence-corrected chi connectivity index (χ0v) is 11.3. The van der Waals surface area contributed by atoms with E-state index < -0.39 is 5.97 Å². The number of aromatic nitrogens is 1. The minimum atomic E-state index is -0.668. The molecule has 0 bridgehead atoms. The van der Waals surface area contributed by atoms with Crippen LogP contribution in [0, 0.1) is 5.92 Å². The van der Waals surface area contributed by atoms with Crippen LogP contribution in [0.3, 0.4) is 0 Å². The van der Waals surface area contributed by atoms with Crippen LogP contribution in [0.1, 0.15) is 31.2 Å². The Morgan fingerprint density at radius 2 is 2.21 bits per heavy atom. The maximum absolute atomic E-state index is 10.5. The molecule has 2 heterocycles. The summed E-state index contributed by atoms with van der Waals surface area (Å²) in [5.74, 6) is -0.0650. The van der Waals surface area contributed by atoms with Crippen LogP contribution in [0.5, 0.6) is 0 Å². The van der Waals surface area contributed by atoms with Gasteiger partial charge in [-0.1, -0.05) is 6.07 Å². The van der Waals surface area contributed by atoms with Crippen molar-refractivity contribution in [2.24, 2.45) is 5.92 Å². The molecular weight excluding hydrogens is 240 g/mol. The van der Waals surface area contributed by atoms with Gasteiger partial charge in [-0.3, -0.25) is 9.78 Å². The Morgan fingerprint density at radius 3 is 2.84 bits per heavy atom. The van der Waals surface area contributed by atoms with Gasteiger partial charge in [-0.05, 0) is 56.3 Å². The highest BCUT2D eigenvalue weighted by atomic mass is 16.4. The highest BCUT2D eigenvalue weighted by molar-refractivity contribution is 5.66. The summed E-state index contributed by atoms with van der Waals surface area (Å²) in [7, 11) is 0. The predicted molar refractivity (Wildman–Crippen MR) is 74.0 cm³/mol. The Morgan fingerprint density at radius 1 is 1.42 bits per heavy atom. The number of pyridine rings is 1. The Labute approximate surface area is 114 Å². The van der Waals surface area contributed by atoms with E-state index in [1.807, 2.05) is 12.3 Å². The molecule has 1 aliphatic heterocycles. The van der Waals surface area contributed by atoms with E-state index in [2.05, 4.69) is 16.0 Å². The molecule has 1 saturated heterocycles. The lowest BCUT2D eigenvalue weighted by Crippen LogP contribution is -2.35. The normalized spacial score (nSPS) is 17.5. The van der Waals surface area contributed by atoms with Crippen molar-refractivity contribution in [3.63, 3.8) is 0 Å². The predicted octanol–water partition coefficient (Wildman–Crippen LogP) is 2.20. The van der Waals surface area contributed by atoms with Gasteiger partial charge in [0.25, 0.3) is 0 Å². The fourth-order valence-electron chi connectivity index (χ4n) is 2.66. The number of aliphatic carboxylic acids is 1. The summed E-state index contributed by atoms with van der Waals surface area (Å²) in [4.78, 5) is 17.2. The summed E-state index contributed by atoms with van der Waals surface area (Å²) in [6.07, 6.45) is 8.22. The number of carboxylic acid groups (broad SMARTS) is 1. The third kappa shape index (κ3) is 4.99. The monoisotopic (exact) mass is 262 g/mol. The van der Waals surface area contributed by atoms with Crippen molar-refractivity contribution < 1.29 is 9.90 Å². The lowest BCUT2D eigenvalue weighted by Gasteiger charge is -2.31. The summed E-state index contributed by atoms with van der Waals surface area (Å²) < 4.78 is 0. The van der Waals surface area contributed by atoms with E-state index in [4.69, 9.17) is 5.11 Å². The first-order chi connectivity index (χ1) is 9.24. The molecule has 1 aromatic rings. The van der Waals surface area contributed by atoms with Gasteiger partial charge in [-0.15, -0.1) is 0 Å². The van der Waals surface area contributed by atoms with E-state index in [-0.39, 0.29) is 0 Å². The van der Waals surface area contributed by atoms with Gasteiger partial charge in [-0.25, -0.2) is 0 Å². The second-order valence-corrected chi connectivity index (χ2v) is 5.33. The molecule has 0 radical (unpaired) electrons. The molecule has 0 spiro atoms. The summed E-state index contributed by atoms with van der Waals surface area (Å²) in [5.41, 5.74) is 1.29. The molecule has 0 aliphatic carbocycles. The number of hydrogen-bond acceptors (Lipinski definition) is 3. The third-order valence-electron chi connectivity index (χ3n) is 3.91. The third-order valence-corrected chi connectivity index (χ3v) is 3.91. The van der Waals surface area contributed by atoms with Gasteiger partial charge in [0.05, 0.1) is 0 Å². The van der Waals surface area contributed by atoms with Crippen LogP contribution in [0.4, 0.5) is 0 Å². The fraction of sp³-hybridized carbons (Fsp3) is 0.600. The van der Waals surface area contributed by atoms with E-state index >= 15 is 0 Å². The summed E-state index contributed by atoms with van der Waals surface area (Å²) in [5, 5.41) is 8.69. The van der Waals surface area contributed by atoms with Crippen LogP contribution in [-0.2, 0) is 11.2 Å². The standard InChI is InChI=1S/C15H22N2O2/c18-15(19)4-3-13-5-9-17(10-6-13)11-7-14-2-1-8-16-12-14/h1-2,8,12-13H,3-7,9-11H2,(H,18,19). The van der Waals surface area contributed by atoms with E-state index in [0.717, 1.165) is 45.3 Å². The number of piperidine rings is 1. The zero-order chi connectivity index (χ0) is 13.5. The maximum atomic E-state index is 10.5. The van der Waals surface area contributed by atoms with Gasteiger partial charge in [0.2, 0.25) is 0 Å². The van der Waals surface area contributed by atoms with Crippen LogP contribution in [0.15, 0.2) is 24.5 Å². The molecule has 4 nitrogen and oxygen atoms in total. The second kappa shape index (κ2) is 7.24. The Hall–Kier alpha value is -1.42. The van der Waals surface area contributed by atoms with Crippen molar-refractivity contribution in [2.45, 2.75) is 32.1 Å². The molecule has 0 atom stereocenters. The fourth-order valence-corrected chi connectivity index (χ4v) is 2.66. The zero-order valence-electron chi connectivity index (χ0n) is 11.3. The average Bonchev–Trinajstić information content (AvgIpc) is 2.45. The first kappa shape index (κ1) is 14.0. The summed E-state index contributed by atoms with van der Waals surface area (Å²) in [6, 6.07) is 4.10. The molecule has 1 aromatic heterocycles. The summed E-state index contributed by atoms with van der Waals surface area (Å²) >= 11 is 0. The molecule has 0 saturated carbocycles. The van der Waals surface area contributed by atoms with Crippen molar-refractivity contribution in [3.05, 3.63) is 30.1 Å². The van der Waals surface area contributed by atoms with Gasteiger partial charge in [0.1, 0.15) is 0 Å². The van der Waals surface area contributed by atoms with E-state index in [0.29, 0.717) is 12.3 Å². The SMILES string of the molecule is O=C(O)CCC1CCN(CCc2cccnc2)CC1. The summed E-state index contributed by atoms with van der Waals surface area (Å²) in [6.45, 7) is 3.28. The van der Waals surface area contributed by atoms with Gasteiger partial charge in [0.15, 0.2) is 0 Å². The van der Waals surface area contributed by atoms with Crippen LogP contribution < -0.4 is 0 Å². The number of nitrogens with zero attached hydrogens (tertiary/aromatic N) is 2. The van der Waals surface area contributed by atoms with E-state index in [1.54, 1.807) is 6.20 Å². The van der Waals surface area contributed by atoms with Crippen LogP contribution in [0.2, 0.25) is 0 Å². The van der Waals surface area contributed by atoms with Crippen molar-refractivity contribution in [3.8, 4) is 0 Å². The first-order valence-electron chi connectivity index (χ1n) is 7.07. The molecule has 4 heteroatoms.